The molecule has 0 saturated heterocycles. The number of aryl methyl sites for hydroxylation is 1. The van der Waals surface area contributed by atoms with E-state index in [-0.39, 0.29) is 26.5 Å². The molecule has 1 aliphatic heterocycles. The Hall–Kier alpha value is -1.67. The van der Waals surface area contributed by atoms with Crippen LogP contribution in [-0.4, -0.2) is 19.2 Å². The summed E-state index contributed by atoms with van der Waals surface area (Å²) in [6, 6.07) is 6.39. The number of sulfonamides is 1. The summed E-state index contributed by atoms with van der Waals surface area (Å²) in [6.07, 6.45) is 4.29. The average molecular weight is 371 g/mol. The van der Waals surface area contributed by atoms with Gasteiger partial charge >= 0.3 is 0 Å². The van der Waals surface area contributed by atoms with Crippen LogP contribution >= 0.6 is 23.2 Å². The smallest absolute Gasteiger partial charge is 0.265 e. The normalized spacial score (nSPS) is 16.0. The zero-order chi connectivity index (χ0) is 16.6. The molecule has 1 aromatic heterocycles. The number of fused-ring (bicyclic) bond motifs is 1. The predicted molar refractivity (Wildman–Crippen MR) is 90.3 cm³/mol. The van der Waals surface area contributed by atoms with Crippen molar-refractivity contribution in [2.75, 3.05) is 5.01 Å². The second-order valence-electron chi connectivity index (χ2n) is 4.94. The van der Waals surface area contributed by atoms with Gasteiger partial charge in [0.05, 0.1) is 15.7 Å². The third kappa shape index (κ3) is 3.18. The Labute approximate surface area is 143 Å². The third-order valence-electron chi connectivity index (χ3n) is 3.43. The van der Waals surface area contributed by atoms with Crippen molar-refractivity contribution < 1.29 is 8.42 Å². The molecule has 0 unspecified atom stereocenters. The molecular formula is C14H12Cl2N4O2S. The third-order valence-corrected chi connectivity index (χ3v) is 5.49. The van der Waals surface area contributed by atoms with E-state index in [2.05, 4.69) is 9.38 Å². The molecule has 120 valence electrons. The summed E-state index contributed by atoms with van der Waals surface area (Å²) in [7, 11) is -3.86. The van der Waals surface area contributed by atoms with Crippen LogP contribution in [0.1, 0.15) is 12.0 Å². The zero-order valence-corrected chi connectivity index (χ0v) is 14.1. The van der Waals surface area contributed by atoms with Crippen molar-refractivity contribution in [1.29, 1.82) is 0 Å². The fraction of sp³-hybridized carbons (Fsp3) is 0.143. The maximum Gasteiger partial charge on any atom is 0.286 e. The summed E-state index contributed by atoms with van der Waals surface area (Å²) in [5.41, 5.74) is 1.27. The van der Waals surface area contributed by atoms with Crippen molar-refractivity contribution in [1.82, 2.24) is 4.98 Å². The van der Waals surface area contributed by atoms with Crippen LogP contribution in [0.3, 0.4) is 0 Å². The van der Waals surface area contributed by atoms with Gasteiger partial charge in [-0.25, -0.2) is 5.84 Å². The highest BCUT2D eigenvalue weighted by Crippen LogP contribution is 2.37. The Morgan fingerprint density at radius 2 is 1.74 bits per heavy atom. The van der Waals surface area contributed by atoms with Crippen molar-refractivity contribution in [3.63, 3.8) is 0 Å². The molecule has 23 heavy (non-hydrogen) atoms. The topological polar surface area (TPSA) is 88.7 Å². The van der Waals surface area contributed by atoms with Crippen molar-refractivity contribution in [3.05, 3.63) is 52.3 Å². The fourth-order valence-corrected chi connectivity index (χ4v) is 3.89. The maximum absolute atomic E-state index is 12.3. The Morgan fingerprint density at radius 1 is 1.09 bits per heavy atom. The van der Waals surface area contributed by atoms with Gasteiger partial charge in [0.2, 0.25) is 0 Å². The minimum atomic E-state index is -3.86. The Bertz CT molecular complexity index is 885. The van der Waals surface area contributed by atoms with Gasteiger partial charge in [0, 0.05) is 18.8 Å². The quantitative estimate of drug-likeness (QED) is 0.839. The van der Waals surface area contributed by atoms with Crippen LogP contribution in [0, 0.1) is 0 Å². The van der Waals surface area contributed by atoms with Gasteiger partial charge in [0.15, 0.2) is 0 Å². The monoisotopic (exact) mass is 370 g/mol. The van der Waals surface area contributed by atoms with Crippen LogP contribution < -0.4 is 10.9 Å². The minimum absolute atomic E-state index is 0.0536. The standard InChI is InChI=1S/C14H12Cl2N4O2S/c15-10-7-12-13(8-11(10)16)23(21,22)19-14(20(12)17)2-1-9-3-5-18-6-4-9/h3-8H,1-2,17H2. The minimum Gasteiger partial charge on any atom is -0.265 e. The Balaban J connectivity index is 1.94. The highest BCUT2D eigenvalue weighted by Gasteiger charge is 2.30. The number of nitrogens with zero attached hydrogens (tertiary/aromatic N) is 3. The molecule has 3 rings (SSSR count). The molecule has 1 aromatic carbocycles. The summed E-state index contributed by atoms with van der Waals surface area (Å²) in [5, 5.41) is 1.60. The first-order valence-electron chi connectivity index (χ1n) is 6.65. The summed E-state index contributed by atoms with van der Waals surface area (Å²) in [5.74, 6) is 6.26. The van der Waals surface area contributed by atoms with E-state index in [0.29, 0.717) is 12.8 Å². The van der Waals surface area contributed by atoms with E-state index in [1.54, 1.807) is 12.4 Å². The van der Waals surface area contributed by atoms with Crippen molar-refractivity contribution in [3.8, 4) is 0 Å². The first kappa shape index (κ1) is 16.2. The van der Waals surface area contributed by atoms with E-state index in [1.807, 2.05) is 12.1 Å². The first-order chi connectivity index (χ1) is 10.9. The molecule has 0 fully saturated rings. The SMILES string of the molecule is NN1C(CCc2ccncc2)=NS(=O)(=O)c2cc(Cl)c(Cl)cc21. The van der Waals surface area contributed by atoms with Crippen molar-refractivity contribution >= 4 is 44.7 Å². The molecule has 0 amide bonds. The molecule has 0 saturated carbocycles. The number of benzene rings is 1. The van der Waals surface area contributed by atoms with E-state index >= 15 is 0 Å². The van der Waals surface area contributed by atoms with E-state index < -0.39 is 10.0 Å². The molecule has 6 nitrogen and oxygen atoms in total. The number of amidine groups is 1. The van der Waals surface area contributed by atoms with Crippen LogP contribution in [0.4, 0.5) is 5.69 Å². The van der Waals surface area contributed by atoms with E-state index in [4.69, 9.17) is 29.0 Å². The average Bonchev–Trinajstić information content (AvgIpc) is 2.52. The van der Waals surface area contributed by atoms with Crippen molar-refractivity contribution in [2.24, 2.45) is 10.2 Å². The van der Waals surface area contributed by atoms with Gasteiger partial charge in [-0.3, -0.25) is 9.99 Å². The molecule has 1 aliphatic rings. The summed E-state index contributed by atoms with van der Waals surface area (Å²) in [4.78, 5) is 3.88. The van der Waals surface area contributed by atoms with Crippen LogP contribution in [0.25, 0.3) is 0 Å². The fourth-order valence-electron chi connectivity index (χ4n) is 2.26. The van der Waals surface area contributed by atoms with Gasteiger partial charge in [-0.15, -0.1) is 4.40 Å². The summed E-state index contributed by atoms with van der Waals surface area (Å²) >= 11 is 11.9. The predicted octanol–water partition coefficient (Wildman–Crippen LogP) is 2.80. The Kier molecular flexibility index (Phi) is 4.29. The lowest BCUT2D eigenvalue weighted by Gasteiger charge is -2.27. The number of hydrazine groups is 1. The number of anilines is 1. The van der Waals surface area contributed by atoms with Crippen molar-refractivity contribution in [2.45, 2.75) is 17.7 Å². The molecule has 0 radical (unpaired) electrons. The van der Waals surface area contributed by atoms with Gasteiger partial charge in [-0.05, 0) is 36.2 Å². The summed E-state index contributed by atoms with van der Waals surface area (Å²) < 4.78 is 28.4. The van der Waals surface area contributed by atoms with Crippen LogP contribution in [0.15, 0.2) is 46.0 Å². The highest BCUT2D eigenvalue weighted by atomic mass is 35.5. The van der Waals surface area contributed by atoms with Gasteiger partial charge in [-0.1, -0.05) is 23.2 Å². The number of pyridine rings is 1. The van der Waals surface area contributed by atoms with E-state index in [1.165, 1.54) is 17.1 Å². The maximum atomic E-state index is 12.3. The van der Waals surface area contributed by atoms with Gasteiger partial charge in [0.25, 0.3) is 10.0 Å². The second kappa shape index (κ2) is 6.09. The number of hydrogen-bond acceptors (Lipinski definition) is 5. The lowest BCUT2D eigenvalue weighted by Crippen LogP contribution is -2.41. The number of aromatic nitrogens is 1. The molecule has 2 heterocycles. The molecule has 9 heteroatoms. The molecule has 2 aromatic rings. The Morgan fingerprint density at radius 3 is 2.43 bits per heavy atom. The number of hydrogen-bond donors (Lipinski definition) is 1. The van der Waals surface area contributed by atoms with Crippen LogP contribution in [-0.2, 0) is 16.4 Å². The van der Waals surface area contributed by atoms with Crippen LogP contribution in [0.2, 0.25) is 10.0 Å². The van der Waals surface area contributed by atoms with Gasteiger partial charge in [0.1, 0.15) is 10.7 Å². The summed E-state index contributed by atoms with van der Waals surface area (Å²) in [6.45, 7) is 0. The second-order valence-corrected chi connectivity index (χ2v) is 7.33. The molecule has 0 atom stereocenters. The number of rotatable bonds is 3. The number of nitrogens with two attached hydrogens (primary N) is 1. The van der Waals surface area contributed by atoms with Gasteiger partial charge < -0.3 is 0 Å². The molecular weight excluding hydrogens is 359 g/mol. The lowest BCUT2D eigenvalue weighted by molar-refractivity contribution is 0.596. The first-order valence-corrected chi connectivity index (χ1v) is 8.85. The van der Waals surface area contributed by atoms with Gasteiger partial charge in [-0.2, -0.15) is 8.42 Å². The molecule has 0 aliphatic carbocycles. The molecule has 0 bridgehead atoms. The molecule has 0 spiro atoms. The number of halogens is 2. The zero-order valence-electron chi connectivity index (χ0n) is 11.8. The highest BCUT2D eigenvalue weighted by molar-refractivity contribution is 7.90. The largest absolute Gasteiger partial charge is 0.286 e. The molecule has 2 N–H and O–H groups in total. The van der Waals surface area contributed by atoms with E-state index in [0.717, 1.165) is 5.56 Å². The van der Waals surface area contributed by atoms with Crippen LogP contribution in [0.5, 0.6) is 0 Å². The lowest BCUT2D eigenvalue weighted by atomic mass is 10.1. The van der Waals surface area contributed by atoms with E-state index in [9.17, 15) is 8.42 Å².